The summed E-state index contributed by atoms with van der Waals surface area (Å²) >= 11 is 1.57. The van der Waals surface area contributed by atoms with Gasteiger partial charge in [-0.1, -0.05) is 13.8 Å². The lowest BCUT2D eigenvalue weighted by atomic mass is 10.1. The Labute approximate surface area is 153 Å². The van der Waals surface area contributed by atoms with Gasteiger partial charge in [0.25, 0.3) is 5.91 Å². The Kier molecular flexibility index (Phi) is 5.27. The zero-order valence-corrected chi connectivity index (χ0v) is 16.0. The number of amides is 1. The summed E-state index contributed by atoms with van der Waals surface area (Å²) in [7, 11) is 1.67. The fraction of sp³-hybridized carbons (Fsp3) is 0.474. The largest absolute Gasteiger partial charge is 0.497 e. The summed E-state index contributed by atoms with van der Waals surface area (Å²) in [5.41, 5.74) is 1.74. The first-order valence-electron chi connectivity index (χ1n) is 8.65. The van der Waals surface area contributed by atoms with E-state index in [9.17, 15) is 4.79 Å². The van der Waals surface area contributed by atoms with Crippen molar-refractivity contribution in [2.75, 3.05) is 31.6 Å². The van der Waals surface area contributed by atoms with Crippen LogP contribution in [0.15, 0.2) is 29.6 Å². The number of methoxy groups -OCH3 is 1. The molecule has 1 aliphatic heterocycles. The van der Waals surface area contributed by atoms with Crippen molar-refractivity contribution in [2.24, 2.45) is 0 Å². The maximum atomic E-state index is 12.8. The van der Waals surface area contributed by atoms with Gasteiger partial charge in [-0.3, -0.25) is 4.79 Å². The number of thiazole rings is 1. The Morgan fingerprint density at radius 2 is 2.00 bits per heavy atom. The van der Waals surface area contributed by atoms with Crippen LogP contribution in [0.3, 0.4) is 0 Å². The van der Waals surface area contributed by atoms with Crippen molar-refractivity contribution < 1.29 is 9.53 Å². The van der Waals surface area contributed by atoms with Gasteiger partial charge in [0, 0.05) is 42.7 Å². The summed E-state index contributed by atoms with van der Waals surface area (Å²) in [6.45, 7) is 8.65. The summed E-state index contributed by atoms with van der Waals surface area (Å²) in [4.78, 5) is 21.6. The fourth-order valence-corrected chi connectivity index (χ4v) is 3.89. The zero-order chi connectivity index (χ0) is 18.0. The minimum absolute atomic E-state index is 0.0463. The summed E-state index contributed by atoms with van der Waals surface area (Å²) in [5.74, 6) is 1.26. The molecule has 3 rings (SSSR count). The average molecular weight is 359 g/mol. The van der Waals surface area contributed by atoms with Crippen LogP contribution in [0.2, 0.25) is 0 Å². The smallest absolute Gasteiger partial charge is 0.273 e. The molecule has 25 heavy (non-hydrogen) atoms. The van der Waals surface area contributed by atoms with Crippen LogP contribution >= 0.6 is 11.3 Å². The number of ether oxygens (including phenoxy) is 1. The Balaban J connectivity index is 1.67. The lowest BCUT2D eigenvalue weighted by Crippen LogP contribution is -2.54. The lowest BCUT2D eigenvalue weighted by Gasteiger charge is -2.40. The van der Waals surface area contributed by atoms with E-state index in [2.05, 4.69) is 42.8 Å². The highest BCUT2D eigenvalue weighted by Gasteiger charge is 2.29. The van der Waals surface area contributed by atoms with Gasteiger partial charge >= 0.3 is 0 Å². The van der Waals surface area contributed by atoms with Crippen LogP contribution < -0.4 is 9.64 Å². The van der Waals surface area contributed by atoms with E-state index < -0.39 is 0 Å². The molecular formula is C19H25N3O2S. The number of nitrogens with zero attached hydrogens (tertiary/aromatic N) is 3. The van der Waals surface area contributed by atoms with Gasteiger partial charge in [-0.05, 0) is 31.2 Å². The Bertz CT molecular complexity index is 727. The van der Waals surface area contributed by atoms with E-state index in [0.29, 0.717) is 18.2 Å². The first kappa shape index (κ1) is 17.7. The van der Waals surface area contributed by atoms with E-state index in [1.54, 1.807) is 18.4 Å². The van der Waals surface area contributed by atoms with Crippen LogP contribution in [0.5, 0.6) is 5.75 Å². The van der Waals surface area contributed by atoms with Gasteiger partial charge in [-0.2, -0.15) is 0 Å². The number of anilines is 1. The summed E-state index contributed by atoms with van der Waals surface area (Å²) in [6, 6.07) is 8.23. The number of rotatable bonds is 4. The van der Waals surface area contributed by atoms with Gasteiger partial charge in [0.15, 0.2) is 0 Å². The third kappa shape index (κ3) is 3.79. The quantitative estimate of drug-likeness (QED) is 0.836. The van der Waals surface area contributed by atoms with Crippen LogP contribution in [-0.2, 0) is 0 Å². The third-order valence-electron chi connectivity index (χ3n) is 4.56. The number of piperazine rings is 1. The van der Waals surface area contributed by atoms with E-state index in [-0.39, 0.29) is 11.9 Å². The van der Waals surface area contributed by atoms with Crippen LogP contribution in [0.25, 0.3) is 0 Å². The minimum Gasteiger partial charge on any atom is -0.497 e. The molecular weight excluding hydrogens is 334 g/mol. The molecule has 5 nitrogen and oxygen atoms in total. The maximum absolute atomic E-state index is 12.8. The Hall–Kier alpha value is -2.08. The maximum Gasteiger partial charge on any atom is 0.273 e. The molecule has 1 fully saturated rings. The third-order valence-corrected chi connectivity index (χ3v) is 5.71. The molecule has 1 atom stereocenters. The predicted molar refractivity (Wildman–Crippen MR) is 102 cm³/mol. The van der Waals surface area contributed by atoms with Crippen molar-refractivity contribution >= 4 is 22.9 Å². The molecule has 0 bridgehead atoms. The standard InChI is InChI=1S/C19H25N3O2S/c1-13(2)18-20-17(12-25-18)19(23)22-10-9-21(11-14(22)3)15-5-7-16(24-4)8-6-15/h5-8,12-14H,9-11H2,1-4H3. The van der Waals surface area contributed by atoms with Gasteiger partial charge < -0.3 is 14.5 Å². The van der Waals surface area contributed by atoms with E-state index >= 15 is 0 Å². The molecule has 1 unspecified atom stereocenters. The van der Waals surface area contributed by atoms with Crippen molar-refractivity contribution in [3.8, 4) is 5.75 Å². The number of hydrogen-bond donors (Lipinski definition) is 0. The van der Waals surface area contributed by atoms with Gasteiger partial charge in [0.2, 0.25) is 0 Å². The molecule has 2 aromatic rings. The minimum atomic E-state index is 0.0463. The van der Waals surface area contributed by atoms with E-state index in [0.717, 1.165) is 29.5 Å². The SMILES string of the molecule is COc1ccc(N2CCN(C(=O)c3csc(C(C)C)n3)C(C)C2)cc1. The Morgan fingerprint density at radius 3 is 2.56 bits per heavy atom. The molecule has 1 saturated heterocycles. The molecule has 0 spiro atoms. The topological polar surface area (TPSA) is 45.7 Å². The second kappa shape index (κ2) is 7.44. The van der Waals surface area contributed by atoms with Crippen molar-refractivity contribution in [1.29, 1.82) is 0 Å². The van der Waals surface area contributed by atoms with Crippen LogP contribution in [0, 0.1) is 0 Å². The van der Waals surface area contributed by atoms with Crippen LogP contribution in [0.1, 0.15) is 42.2 Å². The van der Waals surface area contributed by atoms with Gasteiger partial charge in [-0.25, -0.2) is 4.98 Å². The van der Waals surface area contributed by atoms with Crippen molar-refractivity contribution in [3.63, 3.8) is 0 Å². The average Bonchev–Trinajstić information content (AvgIpc) is 3.11. The zero-order valence-electron chi connectivity index (χ0n) is 15.2. The van der Waals surface area contributed by atoms with Crippen molar-refractivity contribution in [2.45, 2.75) is 32.7 Å². The summed E-state index contributed by atoms with van der Waals surface area (Å²) in [5, 5.41) is 2.91. The molecule has 1 amide bonds. The highest BCUT2D eigenvalue weighted by Crippen LogP contribution is 2.24. The number of carbonyl (C=O) groups is 1. The van der Waals surface area contributed by atoms with Crippen LogP contribution in [0.4, 0.5) is 5.69 Å². The van der Waals surface area contributed by atoms with E-state index in [1.165, 1.54) is 0 Å². The number of benzene rings is 1. The molecule has 6 heteroatoms. The predicted octanol–water partition coefficient (Wildman–Crippen LogP) is 3.63. The highest BCUT2D eigenvalue weighted by atomic mass is 32.1. The number of carbonyl (C=O) groups excluding carboxylic acids is 1. The first-order chi connectivity index (χ1) is 12.0. The molecule has 134 valence electrons. The molecule has 2 heterocycles. The molecule has 0 saturated carbocycles. The van der Waals surface area contributed by atoms with Crippen molar-refractivity contribution in [3.05, 3.63) is 40.3 Å². The van der Waals surface area contributed by atoms with Crippen LogP contribution in [-0.4, -0.2) is 48.6 Å². The molecule has 1 aromatic heterocycles. The highest BCUT2D eigenvalue weighted by molar-refractivity contribution is 7.09. The fourth-order valence-electron chi connectivity index (χ4n) is 3.09. The lowest BCUT2D eigenvalue weighted by molar-refractivity contribution is 0.0668. The summed E-state index contributed by atoms with van der Waals surface area (Å²) in [6.07, 6.45) is 0. The van der Waals surface area contributed by atoms with Crippen molar-refractivity contribution in [1.82, 2.24) is 9.88 Å². The van der Waals surface area contributed by atoms with Gasteiger partial charge in [0.05, 0.1) is 12.1 Å². The number of hydrogen-bond acceptors (Lipinski definition) is 5. The molecule has 0 radical (unpaired) electrons. The summed E-state index contributed by atoms with van der Waals surface area (Å²) < 4.78 is 5.22. The van der Waals surface area contributed by atoms with Gasteiger partial charge in [0.1, 0.15) is 11.4 Å². The normalized spacial score (nSPS) is 17.9. The van der Waals surface area contributed by atoms with E-state index in [4.69, 9.17) is 4.74 Å². The van der Waals surface area contributed by atoms with E-state index in [1.807, 2.05) is 22.4 Å². The first-order valence-corrected chi connectivity index (χ1v) is 9.53. The molecule has 0 N–H and O–H groups in total. The number of aromatic nitrogens is 1. The Morgan fingerprint density at radius 1 is 1.28 bits per heavy atom. The second-order valence-corrected chi connectivity index (χ2v) is 7.61. The molecule has 0 aliphatic carbocycles. The second-order valence-electron chi connectivity index (χ2n) is 6.72. The monoisotopic (exact) mass is 359 g/mol. The molecule has 1 aromatic carbocycles. The van der Waals surface area contributed by atoms with Gasteiger partial charge in [-0.15, -0.1) is 11.3 Å². The molecule has 1 aliphatic rings.